The molecule has 0 unspecified atom stereocenters. The van der Waals surface area contributed by atoms with Crippen molar-refractivity contribution >= 4 is 22.6 Å². The fourth-order valence-corrected chi connectivity index (χ4v) is 2.95. The average Bonchev–Trinajstić information content (AvgIpc) is 2.95. The molecular weight excluding hydrogens is 236 g/mol. The Morgan fingerprint density at radius 1 is 1.53 bits per heavy atom. The lowest BCUT2D eigenvalue weighted by Gasteiger charge is -2.23. The van der Waals surface area contributed by atoms with Gasteiger partial charge in [-0.2, -0.15) is 0 Å². The summed E-state index contributed by atoms with van der Waals surface area (Å²) >= 11 is 1.67. The minimum atomic E-state index is 0.598. The van der Waals surface area contributed by atoms with Crippen LogP contribution in [0, 0.1) is 0 Å². The third-order valence-electron chi connectivity index (χ3n) is 2.81. The maximum absolute atomic E-state index is 10.6. The summed E-state index contributed by atoms with van der Waals surface area (Å²) in [6, 6.07) is 5.72. The molecule has 1 N–H and O–H groups in total. The molecule has 0 amide bonds. The van der Waals surface area contributed by atoms with E-state index in [1.54, 1.807) is 17.4 Å². The normalized spacial score (nSPS) is 14.3. The van der Waals surface area contributed by atoms with E-state index < -0.39 is 0 Å². The van der Waals surface area contributed by atoms with E-state index in [0.717, 1.165) is 40.8 Å². The van der Waals surface area contributed by atoms with E-state index in [-0.39, 0.29) is 0 Å². The van der Waals surface area contributed by atoms with Gasteiger partial charge in [-0.15, -0.1) is 11.3 Å². The number of likely N-dealkylation sites (N-methyl/N-ethyl adjacent to an activating group) is 1. The SMILES string of the molecule is CN1CCOc2cc(-c3ccc(C=O)[nH]3)sc21. The minimum absolute atomic E-state index is 0.598. The Balaban J connectivity index is 2.01. The number of thiophene rings is 1. The molecule has 2 aromatic rings. The fraction of sp³-hybridized carbons (Fsp3) is 0.250. The van der Waals surface area contributed by atoms with Crippen LogP contribution in [0.1, 0.15) is 10.5 Å². The average molecular weight is 248 g/mol. The number of hydrogen-bond donors (Lipinski definition) is 1. The Bertz CT molecular complexity index is 559. The zero-order chi connectivity index (χ0) is 11.8. The summed E-state index contributed by atoms with van der Waals surface area (Å²) in [6.07, 6.45) is 0.819. The van der Waals surface area contributed by atoms with Crippen LogP contribution in [0.5, 0.6) is 5.75 Å². The zero-order valence-corrected chi connectivity index (χ0v) is 10.2. The van der Waals surface area contributed by atoms with Gasteiger partial charge in [0, 0.05) is 13.1 Å². The van der Waals surface area contributed by atoms with Gasteiger partial charge >= 0.3 is 0 Å². The van der Waals surface area contributed by atoms with Gasteiger partial charge in [0.15, 0.2) is 12.0 Å². The number of anilines is 1. The van der Waals surface area contributed by atoms with Crippen molar-refractivity contribution in [3.8, 4) is 16.3 Å². The highest BCUT2D eigenvalue weighted by Crippen LogP contribution is 2.43. The highest BCUT2D eigenvalue weighted by Gasteiger charge is 2.19. The Hall–Kier alpha value is -1.75. The lowest BCUT2D eigenvalue weighted by atomic mass is 10.3. The zero-order valence-electron chi connectivity index (χ0n) is 9.40. The lowest BCUT2D eigenvalue weighted by Crippen LogP contribution is -2.27. The van der Waals surface area contributed by atoms with Crippen molar-refractivity contribution in [1.29, 1.82) is 0 Å². The first kappa shape index (κ1) is 10.4. The van der Waals surface area contributed by atoms with Gasteiger partial charge < -0.3 is 14.6 Å². The Morgan fingerprint density at radius 3 is 3.12 bits per heavy atom. The number of ether oxygens (including phenoxy) is 1. The summed E-state index contributed by atoms with van der Waals surface area (Å²) in [5, 5.41) is 1.15. The van der Waals surface area contributed by atoms with Gasteiger partial charge in [-0.25, -0.2) is 0 Å². The monoisotopic (exact) mass is 248 g/mol. The van der Waals surface area contributed by atoms with Crippen LogP contribution in [0.2, 0.25) is 0 Å². The molecule has 0 bridgehead atoms. The van der Waals surface area contributed by atoms with E-state index in [4.69, 9.17) is 4.74 Å². The molecule has 88 valence electrons. The molecule has 0 aromatic carbocycles. The first-order chi connectivity index (χ1) is 8.28. The summed E-state index contributed by atoms with van der Waals surface area (Å²) in [5.74, 6) is 0.931. The first-order valence-electron chi connectivity index (χ1n) is 5.40. The summed E-state index contributed by atoms with van der Waals surface area (Å²) in [4.78, 5) is 17.0. The van der Waals surface area contributed by atoms with Gasteiger partial charge in [-0.1, -0.05) is 0 Å². The molecular formula is C12H12N2O2S. The number of aldehydes is 1. The van der Waals surface area contributed by atoms with Crippen molar-refractivity contribution in [3.63, 3.8) is 0 Å². The van der Waals surface area contributed by atoms with Crippen molar-refractivity contribution in [2.75, 3.05) is 25.1 Å². The molecule has 4 nitrogen and oxygen atoms in total. The highest BCUT2D eigenvalue weighted by atomic mass is 32.1. The Labute approximate surface area is 103 Å². The Morgan fingerprint density at radius 2 is 2.41 bits per heavy atom. The van der Waals surface area contributed by atoms with Crippen molar-refractivity contribution in [1.82, 2.24) is 4.98 Å². The standard InChI is InChI=1S/C12H12N2O2S/c1-14-4-5-16-10-6-11(17-12(10)14)9-3-2-8(7-15)13-9/h2-3,6-7,13H,4-5H2,1H3. The number of aromatic amines is 1. The lowest BCUT2D eigenvalue weighted by molar-refractivity contribution is 0.111. The predicted octanol–water partition coefficient (Wildman–Crippen LogP) is 2.38. The van der Waals surface area contributed by atoms with Crippen LogP contribution in [0.15, 0.2) is 18.2 Å². The number of nitrogens with zero attached hydrogens (tertiary/aromatic N) is 1. The van der Waals surface area contributed by atoms with Gasteiger partial charge in [-0.05, 0) is 12.1 Å². The summed E-state index contributed by atoms with van der Waals surface area (Å²) < 4.78 is 5.61. The summed E-state index contributed by atoms with van der Waals surface area (Å²) in [6.45, 7) is 1.64. The molecule has 0 spiro atoms. The van der Waals surface area contributed by atoms with E-state index in [9.17, 15) is 4.79 Å². The molecule has 2 aromatic heterocycles. The molecule has 1 aliphatic heterocycles. The molecule has 5 heteroatoms. The minimum Gasteiger partial charge on any atom is -0.489 e. The number of H-pyrrole nitrogens is 1. The Kier molecular flexibility index (Phi) is 2.40. The molecule has 3 heterocycles. The smallest absolute Gasteiger partial charge is 0.166 e. The van der Waals surface area contributed by atoms with Crippen molar-refractivity contribution in [2.24, 2.45) is 0 Å². The number of carbonyl (C=O) groups is 1. The largest absolute Gasteiger partial charge is 0.489 e. The number of nitrogens with one attached hydrogen (secondary N) is 1. The van der Waals surface area contributed by atoms with E-state index in [2.05, 4.69) is 16.9 Å². The number of carbonyl (C=O) groups excluding carboxylic acids is 1. The second kappa shape index (κ2) is 3.92. The summed E-state index contributed by atoms with van der Waals surface area (Å²) in [5.41, 5.74) is 1.56. The van der Waals surface area contributed by atoms with Crippen LogP contribution in [-0.2, 0) is 0 Å². The molecule has 1 aliphatic rings. The third kappa shape index (κ3) is 1.72. The number of fused-ring (bicyclic) bond motifs is 1. The molecule has 0 saturated heterocycles. The second-order valence-corrected chi connectivity index (χ2v) is 5.03. The fourth-order valence-electron chi connectivity index (χ4n) is 1.89. The molecule has 0 fully saturated rings. The van der Waals surface area contributed by atoms with E-state index in [1.807, 2.05) is 12.1 Å². The molecule has 0 radical (unpaired) electrons. The van der Waals surface area contributed by atoms with Gasteiger partial charge in [0.05, 0.1) is 22.8 Å². The van der Waals surface area contributed by atoms with Crippen LogP contribution >= 0.6 is 11.3 Å². The van der Waals surface area contributed by atoms with Crippen LogP contribution in [0.25, 0.3) is 10.6 Å². The van der Waals surface area contributed by atoms with Crippen LogP contribution in [-0.4, -0.2) is 31.5 Å². The van der Waals surface area contributed by atoms with Crippen molar-refractivity contribution in [2.45, 2.75) is 0 Å². The quantitative estimate of drug-likeness (QED) is 0.830. The van der Waals surface area contributed by atoms with Gasteiger partial charge in [-0.3, -0.25) is 4.79 Å². The predicted molar refractivity (Wildman–Crippen MR) is 68.3 cm³/mol. The van der Waals surface area contributed by atoms with Gasteiger partial charge in [0.25, 0.3) is 0 Å². The number of aromatic nitrogens is 1. The van der Waals surface area contributed by atoms with E-state index >= 15 is 0 Å². The second-order valence-electron chi connectivity index (χ2n) is 4.00. The van der Waals surface area contributed by atoms with Crippen molar-refractivity contribution < 1.29 is 9.53 Å². The maximum Gasteiger partial charge on any atom is 0.166 e. The highest BCUT2D eigenvalue weighted by molar-refractivity contribution is 7.19. The number of hydrogen-bond acceptors (Lipinski definition) is 4. The van der Waals surface area contributed by atoms with Gasteiger partial charge in [0.1, 0.15) is 11.6 Å². The van der Waals surface area contributed by atoms with Crippen LogP contribution in [0.3, 0.4) is 0 Å². The molecule has 0 atom stereocenters. The summed E-state index contributed by atoms with van der Waals surface area (Å²) in [7, 11) is 2.06. The topological polar surface area (TPSA) is 45.3 Å². The van der Waals surface area contributed by atoms with Crippen LogP contribution < -0.4 is 9.64 Å². The third-order valence-corrected chi connectivity index (χ3v) is 4.08. The van der Waals surface area contributed by atoms with Crippen molar-refractivity contribution in [3.05, 3.63) is 23.9 Å². The van der Waals surface area contributed by atoms with Gasteiger partial charge in [0.2, 0.25) is 0 Å². The molecule has 17 heavy (non-hydrogen) atoms. The van der Waals surface area contributed by atoms with E-state index in [1.165, 1.54) is 0 Å². The van der Waals surface area contributed by atoms with Crippen LogP contribution in [0.4, 0.5) is 5.00 Å². The molecule has 0 aliphatic carbocycles. The first-order valence-corrected chi connectivity index (χ1v) is 6.22. The van der Waals surface area contributed by atoms with E-state index in [0.29, 0.717) is 5.69 Å². The number of rotatable bonds is 2. The maximum atomic E-state index is 10.6. The molecule has 3 rings (SSSR count). The molecule has 0 saturated carbocycles.